The van der Waals surface area contributed by atoms with Crippen molar-refractivity contribution >= 4 is 23.4 Å². The molecule has 0 unspecified atom stereocenters. The monoisotopic (exact) mass is 310 g/mol. The molecule has 0 spiro atoms. The number of carbonyl (C=O) groups is 2. The number of carbonyl (C=O) groups excluding carboxylic acids is 2. The highest BCUT2D eigenvalue weighted by Crippen LogP contribution is 2.32. The molecule has 0 aliphatic rings. The van der Waals surface area contributed by atoms with E-state index < -0.39 is 5.97 Å². The summed E-state index contributed by atoms with van der Waals surface area (Å²) in [7, 11) is 1.49. The van der Waals surface area contributed by atoms with Crippen LogP contribution in [0.1, 0.15) is 35.3 Å². The molecular weight excluding hydrogens is 292 g/mol. The molecular formula is C16H19ClO4. The third-order valence-corrected chi connectivity index (χ3v) is 3.64. The first kappa shape index (κ1) is 17.2. The zero-order valence-corrected chi connectivity index (χ0v) is 13.6. The van der Waals surface area contributed by atoms with Gasteiger partial charge in [-0.2, -0.15) is 0 Å². The molecule has 0 atom stereocenters. The molecule has 0 aliphatic carbocycles. The molecule has 0 radical (unpaired) electrons. The Balaban J connectivity index is 3.28. The first-order valence-electron chi connectivity index (χ1n) is 6.56. The molecule has 0 bridgehead atoms. The predicted molar refractivity (Wildman–Crippen MR) is 82.2 cm³/mol. The predicted octanol–water partition coefficient (Wildman–Crippen LogP) is 3.66. The molecule has 0 amide bonds. The Morgan fingerprint density at radius 3 is 2.48 bits per heavy atom. The summed E-state index contributed by atoms with van der Waals surface area (Å²) >= 11 is 6.18. The summed E-state index contributed by atoms with van der Waals surface area (Å²) in [6.07, 6.45) is 1.24. The molecule has 0 heterocycles. The molecule has 0 aromatic heterocycles. The Bertz CT molecular complexity index is 603. The molecule has 0 N–H and O–H groups in total. The lowest BCUT2D eigenvalue weighted by molar-refractivity contribution is -0.138. The Hall–Kier alpha value is -1.81. The molecule has 1 rings (SSSR count). The van der Waals surface area contributed by atoms with Crippen LogP contribution in [0.15, 0.2) is 17.7 Å². The van der Waals surface area contributed by atoms with Crippen molar-refractivity contribution in [1.29, 1.82) is 0 Å². The number of ketones is 1. The van der Waals surface area contributed by atoms with Gasteiger partial charge in [-0.05, 0) is 51.0 Å². The normalized spacial score (nSPS) is 11.2. The summed E-state index contributed by atoms with van der Waals surface area (Å²) in [6.45, 7) is 7.09. The van der Waals surface area contributed by atoms with Crippen molar-refractivity contribution in [2.75, 3.05) is 13.7 Å². The summed E-state index contributed by atoms with van der Waals surface area (Å²) in [6, 6.07) is 1.70. The van der Waals surface area contributed by atoms with E-state index in [4.69, 9.17) is 21.1 Å². The quantitative estimate of drug-likeness (QED) is 0.473. The van der Waals surface area contributed by atoms with Crippen molar-refractivity contribution in [3.05, 3.63) is 39.4 Å². The highest BCUT2D eigenvalue weighted by molar-refractivity contribution is 6.33. The number of allylic oxidation sites excluding steroid dienone is 1. The van der Waals surface area contributed by atoms with E-state index in [1.165, 1.54) is 20.1 Å². The zero-order valence-electron chi connectivity index (χ0n) is 12.9. The Morgan fingerprint density at radius 1 is 1.33 bits per heavy atom. The number of hydrogen-bond acceptors (Lipinski definition) is 4. The number of ether oxygens (including phenoxy) is 2. The van der Waals surface area contributed by atoms with Crippen LogP contribution in [0.5, 0.6) is 5.75 Å². The highest BCUT2D eigenvalue weighted by atomic mass is 35.5. The smallest absolute Gasteiger partial charge is 0.333 e. The standard InChI is InChI=1S/C16H19ClO4/c1-6-21-16(19)10(3)7-12(18)14-11(4)15(17)9(2)8-13(14)20-5/h7-8H,6H2,1-5H3. The molecule has 0 saturated carbocycles. The van der Waals surface area contributed by atoms with Gasteiger partial charge in [0.15, 0.2) is 5.78 Å². The van der Waals surface area contributed by atoms with E-state index in [9.17, 15) is 9.59 Å². The molecule has 0 saturated heterocycles. The maximum atomic E-state index is 12.4. The van der Waals surface area contributed by atoms with E-state index in [1.54, 1.807) is 19.9 Å². The summed E-state index contributed by atoms with van der Waals surface area (Å²) in [5, 5.41) is 0.515. The van der Waals surface area contributed by atoms with Gasteiger partial charge in [0.1, 0.15) is 5.75 Å². The average molecular weight is 311 g/mol. The Labute approximate surface area is 129 Å². The SMILES string of the molecule is CCOC(=O)C(C)=CC(=O)c1c(OC)cc(C)c(Cl)c1C. The summed E-state index contributed by atoms with van der Waals surface area (Å²) in [4.78, 5) is 24.0. The average Bonchev–Trinajstić information content (AvgIpc) is 2.44. The number of aryl methyl sites for hydroxylation is 1. The Kier molecular flexibility index (Phi) is 5.97. The number of benzene rings is 1. The fourth-order valence-electron chi connectivity index (χ4n) is 1.96. The number of hydrogen-bond donors (Lipinski definition) is 0. The number of methoxy groups -OCH3 is 1. The zero-order chi connectivity index (χ0) is 16.2. The molecule has 4 nitrogen and oxygen atoms in total. The molecule has 1 aromatic carbocycles. The minimum atomic E-state index is -0.513. The van der Waals surface area contributed by atoms with Crippen LogP contribution in [0.4, 0.5) is 0 Å². The lowest BCUT2D eigenvalue weighted by Crippen LogP contribution is -2.09. The largest absolute Gasteiger partial charge is 0.496 e. The van der Waals surface area contributed by atoms with Crippen LogP contribution in [-0.4, -0.2) is 25.5 Å². The first-order valence-corrected chi connectivity index (χ1v) is 6.94. The second-order valence-electron chi connectivity index (χ2n) is 4.62. The van der Waals surface area contributed by atoms with Gasteiger partial charge in [-0.15, -0.1) is 0 Å². The van der Waals surface area contributed by atoms with Gasteiger partial charge in [0.05, 0.1) is 19.3 Å². The van der Waals surface area contributed by atoms with Crippen LogP contribution in [0, 0.1) is 13.8 Å². The number of esters is 1. The first-order chi connectivity index (χ1) is 9.83. The van der Waals surface area contributed by atoms with Crippen molar-refractivity contribution in [3.63, 3.8) is 0 Å². The fourth-order valence-corrected chi connectivity index (χ4v) is 2.11. The second-order valence-corrected chi connectivity index (χ2v) is 5.00. The van der Waals surface area contributed by atoms with E-state index in [0.717, 1.165) is 5.56 Å². The van der Waals surface area contributed by atoms with Crippen molar-refractivity contribution in [2.24, 2.45) is 0 Å². The molecule has 0 aliphatic heterocycles. The van der Waals surface area contributed by atoms with Crippen molar-refractivity contribution in [3.8, 4) is 5.75 Å². The maximum Gasteiger partial charge on any atom is 0.333 e. The van der Waals surface area contributed by atoms with Gasteiger partial charge >= 0.3 is 5.97 Å². The third-order valence-electron chi connectivity index (χ3n) is 3.06. The van der Waals surface area contributed by atoms with Gasteiger partial charge in [-0.25, -0.2) is 4.79 Å². The van der Waals surface area contributed by atoms with Crippen molar-refractivity contribution in [2.45, 2.75) is 27.7 Å². The summed E-state index contributed by atoms with van der Waals surface area (Å²) < 4.78 is 10.1. The van der Waals surface area contributed by atoms with Crippen molar-refractivity contribution < 1.29 is 19.1 Å². The van der Waals surface area contributed by atoms with Crippen LogP contribution < -0.4 is 4.74 Å². The van der Waals surface area contributed by atoms with E-state index in [1.807, 2.05) is 6.92 Å². The molecule has 5 heteroatoms. The minimum Gasteiger partial charge on any atom is -0.496 e. The number of rotatable bonds is 5. The van der Waals surface area contributed by atoms with Gasteiger partial charge in [0, 0.05) is 10.6 Å². The van der Waals surface area contributed by atoms with E-state index in [2.05, 4.69) is 0 Å². The van der Waals surface area contributed by atoms with Gasteiger partial charge in [-0.3, -0.25) is 4.79 Å². The van der Waals surface area contributed by atoms with Gasteiger partial charge in [-0.1, -0.05) is 11.6 Å². The summed E-state index contributed by atoms with van der Waals surface area (Å²) in [5.74, 6) is -0.412. The molecule has 114 valence electrons. The van der Waals surface area contributed by atoms with Crippen LogP contribution in [0.2, 0.25) is 5.02 Å². The topological polar surface area (TPSA) is 52.6 Å². The lowest BCUT2D eigenvalue weighted by atomic mass is 9.99. The molecule has 0 fully saturated rings. The lowest BCUT2D eigenvalue weighted by Gasteiger charge is -2.13. The maximum absolute atomic E-state index is 12.4. The number of halogens is 1. The van der Waals surface area contributed by atoms with E-state index in [0.29, 0.717) is 21.9 Å². The van der Waals surface area contributed by atoms with Gasteiger partial charge in [0.2, 0.25) is 0 Å². The van der Waals surface area contributed by atoms with Crippen LogP contribution in [-0.2, 0) is 9.53 Å². The van der Waals surface area contributed by atoms with Gasteiger partial charge in [0.25, 0.3) is 0 Å². The molecule has 21 heavy (non-hydrogen) atoms. The van der Waals surface area contributed by atoms with Crippen LogP contribution in [0.3, 0.4) is 0 Å². The van der Waals surface area contributed by atoms with E-state index >= 15 is 0 Å². The minimum absolute atomic E-state index is 0.236. The third kappa shape index (κ3) is 3.85. The van der Waals surface area contributed by atoms with Crippen LogP contribution >= 0.6 is 11.6 Å². The summed E-state index contributed by atoms with van der Waals surface area (Å²) in [5.41, 5.74) is 2.05. The Morgan fingerprint density at radius 2 is 1.95 bits per heavy atom. The van der Waals surface area contributed by atoms with E-state index in [-0.39, 0.29) is 18.0 Å². The second kappa shape index (κ2) is 7.27. The van der Waals surface area contributed by atoms with Crippen molar-refractivity contribution in [1.82, 2.24) is 0 Å². The van der Waals surface area contributed by atoms with Crippen LogP contribution in [0.25, 0.3) is 0 Å². The highest BCUT2D eigenvalue weighted by Gasteiger charge is 2.19. The molecule has 1 aromatic rings. The van der Waals surface area contributed by atoms with Gasteiger partial charge < -0.3 is 9.47 Å². The fraction of sp³-hybridized carbons (Fsp3) is 0.375.